The predicted octanol–water partition coefficient (Wildman–Crippen LogP) is 16.6. The van der Waals surface area contributed by atoms with E-state index in [-0.39, 0.29) is 16.5 Å². The fourth-order valence-corrected chi connectivity index (χ4v) is 7.27. The summed E-state index contributed by atoms with van der Waals surface area (Å²) in [5, 5.41) is 0. The van der Waals surface area contributed by atoms with Crippen molar-refractivity contribution in [3.8, 4) is 0 Å². The molecule has 0 saturated heterocycles. The molecule has 2 aromatic rings. The summed E-state index contributed by atoms with van der Waals surface area (Å²) in [7, 11) is 0. The van der Waals surface area contributed by atoms with Crippen molar-refractivity contribution in [2.24, 2.45) is 0 Å². The Bertz CT molecular complexity index is 1310. The number of nitrogens with zero attached hydrogens (tertiary/aromatic N) is 2. The van der Waals surface area contributed by atoms with Crippen LogP contribution in [0.2, 0.25) is 0 Å². The van der Waals surface area contributed by atoms with Gasteiger partial charge in [-0.2, -0.15) is 12.8 Å². The molecule has 302 valence electrons. The molecular weight excluding hydrogens is 687 g/mol. The van der Waals surface area contributed by atoms with Crippen molar-refractivity contribution in [2.75, 3.05) is 0 Å². The van der Waals surface area contributed by atoms with Crippen molar-refractivity contribution in [2.45, 2.75) is 209 Å². The molecule has 2 aromatic carbocycles. The van der Waals surface area contributed by atoms with Gasteiger partial charge >= 0.3 is 16.5 Å². The maximum atomic E-state index is 12.4. The molecule has 2 nitrogen and oxygen atoms in total. The first-order chi connectivity index (χ1) is 25.3. The molecule has 1 aliphatic rings. The molecule has 3 rings (SSSR count). The second-order valence-corrected chi connectivity index (χ2v) is 15.0. The van der Waals surface area contributed by atoms with E-state index in [1.54, 1.807) is 4.70 Å². The van der Waals surface area contributed by atoms with Crippen LogP contribution in [0, 0.1) is 13.8 Å². The van der Waals surface area contributed by atoms with E-state index >= 15 is 0 Å². The van der Waals surface area contributed by atoms with E-state index in [9.17, 15) is 5.53 Å². The molecule has 0 bridgehead atoms. The molecule has 1 aliphatic heterocycles. The molecule has 0 spiro atoms. The standard InChI is InChI=1S/C44H68N2.2C3H7.Ni/c1-7-13-18-21-26-37-29-35(24-16-10-4)31-39(33-37)43-41(12-6)42(28-23-20-15-9-3)44(46(43)45)40-32-36(25-17-11-5)30-38(34-40)27-22-19-14-8-2;2*1-3-2;/h29-34H,7-28H2,1-6H3;2*1,3H2,2H3;/q;2*-1;+2. The van der Waals surface area contributed by atoms with Crippen LogP contribution in [0.1, 0.15) is 217 Å². The maximum absolute atomic E-state index is 12.4. The molecule has 0 N–H and O–H groups in total. The van der Waals surface area contributed by atoms with Gasteiger partial charge in [0.25, 0.3) is 0 Å². The van der Waals surface area contributed by atoms with Gasteiger partial charge in [-0.15, -0.1) is 0 Å². The SMILES string of the molecule is CCCCCCC1=C(c2cc(CCCC)cc(CCCCCC)c2)[N+](=[N-])C(c2cc(CCCC)cc(CCCCCC)c2)=C1CC.[CH2-]CC.[CH2-]CC.[Ni+2]. The largest absolute Gasteiger partial charge is 2.00 e. The van der Waals surface area contributed by atoms with Gasteiger partial charge in [0.1, 0.15) is 0 Å². The van der Waals surface area contributed by atoms with Gasteiger partial charge in [0.2, 0.25) is 11.4 Å². The third-order valence-electron chi connectivity index (χ3n) is 9.92. The van der Waals surface area contributed by atoms with E-state index in [4.69, 9.17) is 0 Å². The van der Waals surface area contributed by atoms with E-state index < -0.39 is 0 Å². The van der Waals surface area contributed by atoms with E-state index in [2.05, 4.69) is 91.8 Å². The van der Waals surface area contributed by atoms with Gasteiger partial charge < -0.3 is 19.4 Å². The van der Waals surface area contributed by atoms with E-state index in [0.717, 1.165) is 62.8 Å². The summed E-state index contributed by atoms with van der Waals surface area (Å²) in [4.78, 5) is 0. The number of benzene rings is 2. The Morgan fingerprint density at radius 3 is 1.04 bits per heavy atom. The third-order valence-corrected chi connectivity index (χ3v) is 9.92. The van der Waals surface area contributed by atoms with Gasteiger partial charge in [0.05, 0.1) is 0 Å². The van der Waals surface area contributed by atoms with Crippen LogP contribution >= 0.6 is 0 Å². The zero-order valence-electron chi connectivity index (χ0n) is 36.1. The third kappa shape index (κ3) is 18.9. The molecule has 0 aromatic heterocycles. The summed E-state index contributed by atoms with van der Waals surface area (Å²) in [6.07, 6.45) is 28.4. The Balaban J connectivity index is 0.00000361. The smallest absolute Gasteiger partial charge is 0.493 e. The Morgan fingerprint density at radius 1 is 0.415 bits per heavy atom. The van der Waals surface area contributed by atoms with Crippen LogP contribution in [0.5, 0.6) is 0 Å². The molecule has 1 heterocycles. The molecule has 53 heavy (non-hydrogen) atoms. The fourth-order valence-electron chi connectivity index (χ4n) is 7.27. The second-order valence-electron chi connectivity index (χ2n) is 15.0. The van der Waals surface area contributed by atoms with E-state index in [1.165, 1.54) is 147 Å². The van der Waals surface area contributed by atoms with E-state index in [1.807, 2.05) is 13.8 Å². The minimum absolute atomic E-state index is 0. The molecule has 0 amide bonds. The van der Waals surface area contributed by atoms with Crippen LogP contribution in [0.3, 0.4) is 0 Å². The average Bonchev–Trinajstić information content (AvgIpc) is 3.43. The minimum Gasteiger partial charge on any atom is -0.493 e. The van der Waals surface area contributed by atoms with Crippen molar-refractivity contribution in [3.05, 3.63) is 100 Å². The van der Waals surface area contributed by atoms with Gasteiger partial charge in [-0.25, -0.2) is 4.70 Å². The zero-order chi connectivity index (χ0) is 38.6. The summed E-state index contributed by atoms with van der Waals surface area (Å²) >= 11 is 0. The number of allylic oxidation sites excluding steroid dienone is 2. The van der Waals surface area contributed by atoms with Crippen molar-refractivity contribution < 1.29 is 21.2 Å². The first kappa shape index (κ1) is 51.0. The molecule has 3 heteroatoms. The molecule has 0 saturated carbocycles. The molecule has 0 unspecified atom stereocenters. The summed E-state index contributed by atoms with van der Waals surface area (Å²) in [6.45, 7) is 24.7. The Hall–Kier alpha value is -1.99. The summed E-state index contributed by atoms with van der Waals surface area (Å²) in [5.74, 6) is 0. The van der Waals surface area contributed by atoms with Crippen LogP contribution in [-0.4, -0.2) is 4.70 Å². The van der Waals surface area contributed by atoms with Crippen molar-refractivity contribution in [1.29, 1.82) is 0 Å². The number of aryl methyl sites for hydroxylation is 4. The van der Waals surface area contributed by atoms with Gasteiger partial charge in [0.15, 0.2) is 0 Å². The Kier molecular flexibility index (Phi) is 31.1. The van der Waals surface area contributed by atoms with Gasteiger partial charge in [-0.3, -0.25) is 0 Å². The molecule has 0 fully saturated rings. The fraction of sp³-hybridized carbons (Fsp3) is 0.640. The minimum atomic E-state index is 0. The van der Waals surface area contributed by atoms with Crippen LogP contribution in [0.25, 0.3) is 16.9 Å². The Morgan fingerprint density at radius 2 is 0.717 bits per heavy atom. The number of hydrogen-bond donors (Lipinski definition) is 0. The Labute approximate surface area is 340 Å². The predicted molar refractivity (Wildman–Crippen MR) is 234 cm³/mol. The normalized spacial score (nSPS) is 12.4. The van der Waals surface area contributed by atoms with E-state index in [0.29, 0.717) is 0 Å². The summed E-state index contributed by atoms with van der Waals surface area (Å²) < 4.78 is 1.63. The van der Waals surface area contributed by atoms with Crippen LogP contribution in [-0.2, 0) is 42.2 Å². The topological polar surface area (TPSA) is 25.3 Å². The summed E-state index contributed by atoms with van der Waals surface area (Å²) in [5.41, 5.74) is 25.3. The van der Waals surface area contributed by atoms with Crippen molar-refractivity contribution >= 4 is 11.4 Å². The zero-order valence-corrected chi connectivity index (χ0v) is 37.0. The molecule has 0 aliphatic carbocycles. The molecule has 0 atom stereocenters. The molecule has 0 radical (unpaired) electrons. The van der Waals surface area contributed by atoms with Crippen LogP contribution in [0.4, 0.5) is 0 Å². The van der Waals surface area contributed by atoms with Gasteiger partial charge in [0, 0.05) is 22.3 Å². The monoisotopic (exact) mass is 769 g/mol. The van der Waals surface area contributed by atoms with Crippen LogP contribution in [0.15, 0.2) is 47.5 Å². The van der Waals surface area contributed by atoms with Crippen LogP contribution < -0.4 is 0 Å². The first-order valence-corrected chi connectivity index (χ1v) is 22.1. The second kappa shape index (κ2) is 32.3. The number of unbranched alkanes of at least 4 members (excludes halogenated alkanes) is 11. The van der Waals surface area contributed by atoms with Crippen molar-refractivity contribution in [1.82, 2.24) is 0 Å². The maximum Gasteiger partial charge on any atom is 2.00 e. The van der Waals surface area contributed by atoms with Gasteiger partial charge in [-0.1, -0.05) is 138 Å². The summed E-state index contributed by atoms with van der Waals surface area (Å²) in [6, 6.07) is 14.5. The number of hydrogen-bond acceptors (Lipinski definition) is 0. The quantitative estimate of drug-likeness (QED) is 0.0440. The van der Waals surface area contributed by atoms with Crippen molar-refractivity contribution in [3.63, 3.8) is 0 Å². The van der Waals surface area contributed by atoms with Gasteiger partial charge in [-0.05, 0) is 117 Å². The number of rotatable bonds is 24. The average molecular weight is 770 g/mol. The molecular formula is C50H82N2Ni. The first-order valence-electron chi connectivity index (χ1n) is 22.1.